The summed E-state index contributed by atoms with van der Waals surface area (Å²) in [5.74, 6) is 2.26. The van der Waals surface area contributed by atoms with Gasteiger partial charge in [0.25, 0.3) is 0 Å². The fourth-order valence-electron chi connectivity index (χ4n) is 2.68. The van der Waals surface area contributed by atoms with Gasteiger partial charge in [0.15, 0.2) is 0 Å². The van der Waals surface area contributed by atoms with E-state index in [2.05, 4.69) is 0 Å². The minimum absolute atomic E-state index is 0.249. The van der Waals surface area contributed by atoms with E-state index in [9.17, 15) is 10.2 Å². The number of hydrogen-bond acceptors (Lipinski definition) is 3. The molecule has 0 saturated heterocycles. The molecule has 0 spiro atoms. The van der Waals surface area contributed by atoms with Crippen LogP contribution in [0.1, 0.15) is 61.8 Å². The van der Waals surface area contributed by atoms with Crippen LogP contribution in [0.2, 0.25) is 0 Å². The Balaban J connectivity index is 2.41. The predicted octanol–water partition coefficient (Wildman–Crippen LogP) is 5.75. The average molecular weight is 314 g/mol. The van der Waals surface area contributed by atoms with Gasteiger partial charge < -0.3 is 14.9 Å². The quantitative estimate of drug-likeness (QED) is 0.755. The first-order valence-corrected chi connectivity index (χ1v) is 8.06. The molecule has 2 aromatic carbocycles. The molecule has 0 aliphatic rings. The first-order chi connectivity index (χ1) is 10.7. The van der Waals surface area contributed by atoms with Crippen molar-refractivity contribution >= 4 is 0 Å². The van der Waals surface area contributed by atoms with Gasteiger partial charge in [0, 0.05) is 11.1 Å². The van der Waals surface area contributed by atoms with Crippen molar-refractivity contribution in [2.75, 3.05) is 0 Å². The van der Waals surface area contributed by atoms with Crippen LogP contribution >= 0.6 is 0 Å². The smallest absolute Gasteiger partial charge is 0.134 e. The van der Waals surface area contributed by atoms with E-state index < -0.39 is 0 Å². The van der Waals surface area contributed by atoms with Gasteiger partial charge >= 0.3 is 0 Å². The maximum atomic E-state index is 10.3. The number of ether oxygens (including phenoxy) is 1. The Kier molecular flexibility index (Phi) is 4.88. The Morgan fingerprint density at radius 2 is 1.04 bits per heavy atom. The normalized spacial score (nSPS) is 11.3. The number of rotatable bonds is 4. The van der Waals surface area contributed by atoms with Crippen LogP contribution in [0.3, 0.4) is 0 Å². The Morgan fingerprint density at radius 1 is 0.696 bits per heavy atom. The number of benzene rings is 2. The van der Waals surface area contributed by atoms with Crippen LogP contribution in [-0.2, 0) is 0 Å². The van der Waals surface area contributed by atoms with Crippen molar-refractivity contribution < 1.29 is 14.9 Å². The van der Waals surface area contributed by atoms with Gasteiger partial charge in [-0.25, -0.2) is 0 Å². The predicted molar refractivity (Wildman–Crippen MR) is 93.9 cm³/mol. The first-order valence-electron chi connectivity index (χ1n) is 8.06. The molecule has 2 N–H and O–H groups in total. The van der Waals surface area contributed by atoms with Crippen molar-refractivity contribution in [3.63, 3.8) is 0 Å². The fraction of sp³-hybridized carbons (Fsp3) is 0.400. The lowest BCUT2D eigenvalue weighted by Crippen LogP contribution is -1.97. The Morgan fingerprint density at radius 3 is 1.35 bits per heavy atom. The third-order valence-corrected chi connectivity index (χ3v) is 4.29. The van der Waals surface area contributed by atoms with Crippen LogP contribution < -0.4 is 4.74 Å². The second kappa shape index (κ2) is 6.53. The van der Waals surface area contributed by atoms with Crippen molar-refractivity contribution in [1.82, 2.24) is 0 Å². The highest BCUT2D eigenvalue weighted by atomic mass is 16.5. The van der Waals surface area contributed by atoms with Crippen molar-refractivity contribution in [2.24, 2.45) is 0 Å². The summed E-state index contributed by atoms with van der Waals surface area (Å²) >= 11 is 0. The molecule has 0 aliphatic heterocycles. The van der Waals surface area contributed by atoms with Crippen molar-refractivity contribution in [1.29, 1.82) is 0 Å². The summed E-state index contributed by atoms with van der Waals surface area (Å²) in [5.41, 5.74) is 3.24. The maximum absolute atomic E-state index is 10.3. The van der Waals surface area contributed by atoms with Gasteiger partial charge in [0.1, 0.15) is 23.0 Å². The summed E-state index contributed by atoms with van der Waals surface area (Å²) < 4.78 is 5.95. The number of hydrogen-bond donors (Lipinski definition) is 2. The number of phenols is 2. The lowest BCUT2D eigenvalue weighted by Gasteiger charge is -2.18. The molecule has 0 heterocycles. The molecule has 3 heteroatoms. The molecule has 0 atom stereocenters. The highest BCUT2D eigenvalue weighted by Gasteiger charge is 2.16. The van der Waals surface area contributed by atoms with Crippen LogP contribution in [0, 0.1) is 13.8 Å². The molecular weight excluding hydrogens is 288 g/mol. The zero-order valence-electron chi connectivity index (χ0n) is 14.8. The third kappa shape index (κ3) is 3.29. The van der Waals surface area contributed by atoms with Gasteiger partial charge in [0.05, 0.1) is 0 Å². The van der Waals surface area contributed by atoms with Crippen LogP contribution in [0.25, 0.3) is 0 Å². The van der Waals surface area contributed by atoms with Crippen LogP contribution in [0.4, 0.5) is 0 Å². The molecule has 0 amide bonds. The van der Waals surface area contributed by atoms with E-state index in [4.69, 9.17) is 4.74 Å². The fourth-order valence-corrected chi connectivity index (χ4v) is 2.68. The van der Waals surface area contributed by atoms with Gasteiger partial charge in [-0.3, -0.25) is 0 Å². The van der Waals surface area contributed by atoms with E-state index in [0.29, 0.717) is 22.6 Å². The number of phenolic OH excluding ortho intramolecular Hbond substituents is 2. The molecule has 0 saturated carbocycles. The molecule has 3 nitrogen and oxygen atoms in total. The zero-order valence-corrected chi connectivity index (χ0v) is 14.8. The van der Waals surface area contributed by atoms with E-state index in [0.717, 1.165) is 11.1 Å². The van der Waals surface area contributed by atoms with E-state index >= 15 is 0 Å². The van der Waals surface area contributed by atoms with Gasteiger partial charge in [-0.05, 0) is 48.9 Å². The van der Waals surface area contributed by atoms with Crippen molar-refractivity contribution in [3.05, 3.63) is 46.5 Å². The van der Waals surface area contributed by atoms with E-state index in [1.807, 2.05) is 65.8 Å². The second-order valence-corrected chi connectivity index (χ2v) is 6.66. The number of aromatic hydroxyl groups is 2. The Hall–Kier alpha value is -2.16. The van der Waals surface area contributed by atoms with Gasteiger partial charge in [-0.15, -0.1) is 0 Å². The highest BCUT2D eigenvalue weighted by molar-refractivity contribution is 5.54. The minimum Gasteiger partial charge on any atom is -0.507 e. The maximum Gasteiger partial charge on any atom is 0.134 e. The molecule has 0 aromatic heterocycles. The Bertz CT molecular complexity index is 654. The highest BCUT2D eigenvalue weighted by Crippen LogP contribution is 2.40. The van der Waals surface area contributed by atoms with Crippen LogP contribution in [0.5, 0.6) is 23.0 Å². The molecule has 2 aromatic rings. The summed E-state index contributed by atoms with van der Waals surface area (Å²) in [7, 11) is 0. The van der Waals surface area contributed by atoms with Crippen LogP contribution in [-0.4, -0.2) is 10.2 Å². The molecule has 2 rings (SSSR count). The van der Waals surface area contributed by atoms with Gasteiger partial charge in [0.2, 0.25) is 0 Å². The second-order valence-electron chi connectivity index (χ2n) is 6.66. The molecule has 0 bridgehead atoms. The molecule has 0 aliphatic carbocycles. The third-order valence-electron chi connectivity index (χ3n) is 4.29. The monoisotopic (exact) mass is 314 g/mol. The molecule has 23 heavy (non-hydrogen) atoms. The average Bonchev–Trinajstić information content (AvgIpc) is 2.48. The molecule has 0 unspecified atom stereocenters. The lowest BCUT2D eigenvalue weighted by atomic mass is 9.98. The molecule has 124 valence electrons. The SMILES string of the molecule is Cc1c(Oc2ccc(C(C)C)c(O)c2C)ccc(C(C)C)c1O. The molecular formula is C20H26O3. The summed E-state index contributed by atoms with van der Waals surface area (Å²) in [6.45, 7) is 11.9. The zero-order chi connectivity index (χ0) is 17.3. The summed E-state index contributed by atoms with van der Waals surface area (Å²) in [5, 5.41) is 20.7. The summed E-state index contributed by atoms with van der Waals surface area (Å²) in [6.07, 6.45) is 0. The lowest BCUT2D eigenvalue weighted by molar-refractivity contribution is 0.429. The summed E-state index contributed by atoms with van der Waals surface area (Å²) in [6, 6.07) is 7.52. The van der Waals surface area contributed by atoms with Crippen molar-refractivity contribution in [2.45, 2.75) is 53.4 Å². The standard InChI is InChI=1S/C20H26O3/c1-11(2)15-7-9-17(13(5)19(15)21)23-18-10-8-16(12(3)4)20(22)14(18)6/h7-12,21-22H,1-6H3. The molecule has 0 radical (unpaired) electrons. The first kappa shape index (κ1) is 17.2. The topological polar surface area (TPSA) is 49.7 Å². The van der Waals surface area contributed by atoms with E-state index in [1.165, 1.54) is 0 Å². The summed E-state index contributed by atoms with van der Waals surface area (Å²) in [4.78, 5) is 0. The Labute approximate surface area is 138 Å². The van der Waals surface area contributed by atoms with Crippen LogP contribution in [0.15, 0.2) is 24.3 Å². The van der Waals surface area contributed by atoms with Gasteiger partial charge in [-0.2, -0.15) is 0 Å². The van der Waals surface area contributed by atoms with Crippen molar-refractivity contribution in [3.8, 4) is 23.0 Å². The minimum atomic E-state index is 0.249. The largest absolute Gasteiger partial charge is 0.507 e. The molecule has 0 fully saturated rings. The van der Waals surface area contributed by atoms with E-state index in [-0.39, 0.29) is 23.3 Å². The van der Waals surface area contributed by atoms with Gasteiger partial charge in [-0.1, -0.05) is 39.8 Å². The van der Waals surface area contributed by atoms with E-state index in [1.54, 1.807) is 0 Å².